The molecule has 14 heteroatoms. The van der Waals surface area contributed by atoms with Gasteiger partial charge in [0.25, 0.3) is 0 Å². The van der Waals surface area contributed by atoms with Crippen LogP contribution in [0.5, 0.6) is 0 Å². The fourth-order valence-corrected chi connectivity index (χ4v) is 4.96. The molecule has 0 heterocycles. The predicted molar refractivity (Wildman–Crippen MR) is 180 cm³/mol. The summed E-state index contributed by atoms with van der Waals surface area (Å²) in [6.07, 6.45) is 1.17. The van der Waals surface area contributed by atoms with Crippen molar-refractivity contribution in [3.05, 3.63) is 0 Å². The first-order chi connectivity index (χ1) is 21.7. The Bertz CT molecular complexity index is 1030. The number of aliphatic carboxylic acids is 1. The number of carbonyl (C=O) groups excluding carboxylic acids is 5. The molecule has 0 saturated heterocycles. The van der Waals surface area contributed by atoms with Crippen LogP contribution in [0, 0.1) is 29.6 Å². The fraction of sp³-hybridized carbons (Fsp3) is 0.818. The molecule has 47 heavy (non-hydrogen) atoms. The van der Waals surface area contributed by atoms with E-state index in [1.54, 1.807) is 0 Å². The number of hydrogen-bond donors (Lipinski definition) is 8. The second-order valence-corrected chi connectivity index (χ2v) is 14.6. The summed E-state index contributed by atoms with van der Waals surface area (Å²) in [7, 11) is 0. The van der Waals surface area contributed by atoms with Gasteiger partial charge in [0.1, 0.15) is 36.3 Å². The van der Waals surface area contributed by atoms with Crippen LogP contribution in [-0.2, 0) is 28.8 Å². The standard InChI is InChI=1S/C33H62N6O8/c1-17(2)11-23(35-28(41)22(34)16-40)29(42)36-24(12-18(3)4)30(43)37-25(13-19(5)6)31(44)38-26(14-20(7)8)32(45)39-27(33(46)47)15-21(9)10/h17-27,40H,11-16,34H2,1-10H3,(H,35,41)(H,36,42)(H,37,43)(H,38,44)(H,39,45)(H,46,47)/t22-,23-,24-,25-,26-,27-/m0/s1. The number of aliphatic hydroxyl groups excluding tert-OH is 1. The summed E-state index contributed by atoms with van der Waals surface area (Å²) in [6.45, 7) is 18.0. The predicted octanol–water partition coefficient (Wildman–Crippen LogP) is 1.05. The van der Waals surface area contributed by atoms with Gasteiger partial charge in [0, 0.05) is 0 Å². The van der Waals surface area contributed by atoms with Crippen molar-refractivity contribution in [2.45, 2.75) is 138 Å². The summed E-state index contributed by atoms with van der Waals surface area (Å²) in [5.41, 5.74) is 5.62. The van der Waals surface area contributed by atoms with Crippen LogP contribution in [0.1, 0.15) is 101 Å². The second kappa shape index (κ2) is 21.6. The van der Waals surface area contributed by atoms with Crippen molar-refractivity contribution < 1.29 is 39.0 Å². The Morgan fingerprint density at radius 2 is 0.660 bits per heavy atom. The maximum atomic E-state index is 13.7. The molecule has 6 atom stereocenters. The average molecular weight is 671 g/mol. The molecule has 0 saturated carbocycles. The maximum Gasteiger partial charge on any atom is 0.326 e. The van der Waals surface area contributed by atoms with Crippen molar-refractivity contribution in [2.24, 2.45) is 35.3 Å². The summed E-state index contributed by atoms with van der Waals surface area (Å²) in [5, 5.41) is 32.2. The van der Waals surface area contributed by atoms with Gasteiger partial charge in [-0.25, -0.2) is 4.79 Å². The van der Waals surface area contributed by atoms with Gasteiger partial charge < -0.3 is 42.5 Å². The molecule has 0 aromatic rings. The van der Waals surface area contributed by atoms with E-state index in [9.17, 15) is 39.0 Å². The minimum Gasteiger partial charge on any atom is -0.480 e. The Hall–Kier alpha value is -3.26. The molecule has 0 aromatic carbocycles. The second-order valence-electron chi connectivity index (χ2n) is 14.6. The number of nitrogens with one attached hydrogen (secondary N) is 5. The summed E-state index contributed by atoms with van der Waals surface area (Å²) >= 11 is 0. The van der Waals surface area contributed by atoms with E-state index in [0.717, 1.165) is 0 Å². The van der Waals surface area contributed by atoms with Crippen LogP contribution in [-0.4, -0.2) is 88.6 Å². The molecule has 0 aliphatic rings. The van der Waals surface area contributed by atoms with Crippen LogP contribution in [0.15, 0.2) is 0 Å². The minimum absolute atomic E-state index is 0.0000283. The lowest BCUT2D eigenvalue weighted by Crippen LogP contribution is -2.60. The Balaban J connectivity index is 6.11. The number of nitrogens with two attached hydrogens (primary N) is 1. The van der Waals surface area contributed by atoms with E-state index >= 15 is 0 Å². The van der Waals surface area contributed by atoms with Crippen molar-refractivity contribution in [1.29, 1.82) is 0 Å². The Labute approximate surface area is 280 Å². The Kier molecular flexibility index (Phi) is 20.1. The first-order valence-electron chi connectivity index (χ1n) is 16.8. The van der Waals surface area contributed by atoms with Crippen LogP contribution in [0.4, 0.5) is 0 Å². The number of carbonyl (C=O) groups is 6. The number of carboxylic acids is 1. The largest absolute Gasteiger partial charge is 0.480 e. The van der Waals surface area contributed by atoms with Gasteiger partial charge in [-0.1, -0.05) is 69.2 Å². The molecule has 0 aliphatic carbocycles. The van der Waals surface area contributed by atoms with Gasteiger partial charge in [-0.2, -0.15) is 0 Å². The van der Waals surface area contributed by atoms with Gasteiger partial charge in [-0.3, -0.25) is 24.0 Å². The highest BCUT2D eigenvalue weighted by Crippen LogP contribution is 2.13. The van der Waals surface area contributed by atoms with Gasteiger partial charge in [0.2, 0.25) is 29.5 Å². The van der Waals surface area contributed by atoms with Crippen molar-refractivity contribution in [3.8, 4) is 0 Å². The van der Waals surface area contributed by atoms with E-state index in [0.29, 0.717) is 0 Å². The van der Waals surface area contributed by atoms with Gasteiger partial charge in [-0.05, 0) is 61.7 Å². The molecule has 0 bridgehead atoms. The molecule has 0 fully saturated rings. The lowest BCUT2D eigenvalue weighted by Gasteiger charge is -2.29. The smallest absolute Gasteiger partial charge is 0.326 e. The zero-order chi connectivity index (χ0) is 36.6. The zero-order valence-corrected chi connectivity index (χ0v) is 30.0. The number of rotatable bonds is 22. The van der Waals surface area contributed by atoms with Gasteiger partial charge in [0.15, 0.2) is 0 Å². The number of hydrogen-bond acceptors (Lipinski definition) is 8. The van der Waals surface area contributed by atoms with E-state index in [2.05, 4.69) is 26.6 Å². The van der Waals surface area contributed by atoms with Gasteiger partial charge in [-0.15, -0.1) is 0 Å². The third kappa shape index (κ3) is 18.0. The highest BCUT2D eigenvalue weighted by atomic mass is 16.4. The third-order valence-corrected chi connectivity index (χ3v) is 7.22. The first kappa shape index (κ1) is 43.7. The molecule has 0 rings (SSSR count). The van der Waals surface area contributed by atoms with E-state index in [4.69, 9.17) is 5.73 Å². The molecule has 0 aromatic heterocycles. The summed E-state index contributed by atoms with van der Waals surface area (Å²) in [4.78, 5) is 78.0. The zero-order valence-electron chi connectivity index (χ0n) is 30.0. The summed E-state index contributed by atoms with van der Waals surface area (Å²) < 4.78 is 0. The van der Waals surface area contributed by atoms with Crippen LogP contribution in [0.3, 0.4) is 0 Å². The van der Waals surface area contributed by atoms with Crippen molar-refractivity contribution >= 4 is 35.5 Å². The van der Waals surface area contributed by atoms with Crippen LogP contribution in [0.2, 0.25) is 0 Å². The molecule has 5 amide bonds. The number of carboxylic acid groups (broad SMARTS) is 1. The number of amides is 5. The topological polar surface area (TPSA) is 229 Å². The third-order valence-electron chi connectivity index (χ3n) is 7.22. The maximum absolute atomic E-state index is 13.7. The van der Waals surface area contributed by atoms with E-state index in [1.807, 2.05) is 69.2 Å². The molecule has 0 radical (unpaired) electrons. The monoisotopic (exact) mass is 670 g/mol. The number of aliphatic hydroxyl groups is 1. The molecule has 0 aliphatic heterocycles. The van der Waals surface area contributed by atoms with Gasteiger partial charge in [0.05, 0.1) is 6.61 Å². The molecule has 14 nitrogen and oxygen atoms in total. The molecular weight excluding hydrogens is 608 g/mol. The average Bonchev–Trinajstić information content (AvgIpc) is 2.93. The van der Waals surface area contributed by atoms with Crippen molar-refractivity contribution in [2.75, 3.05) is 6.61 Å². The van der Waals surface area contributed by atoms with Crippen molar-refractivity contribution in [1.82, 2.24) is 26.6 Å². The van der Waals surface area contributed by atoms with E-state index in [1.165, 1.54) is 0 Å². The van der Waals surface area contributed by atoms with E-state index < -0.39 is 78.4 Å². The first-order valence-corrected chi connectivity index (χ1v) is 16.8. The molecule has 9 N–H and O–H groups in total. The Morgan fingerprint density at radius 1 is 0.447 bits per heavy atom. The normalized spacial score (nSPS) is 15.5. The SMILES string of the molecule is CC(C)C[C@H](NC(=O)[C@H](CC(C)C)NC(=O)[C@H](CC(C)C)NC(=O)[C@H](CC(C)C)NC(=O)[C@H](CC(C)C)NC(=O)[C@@H](N)CO)C(=O)O. The van der Waals surface area contributed by atoms with E-state index in [-0.39, 0.29) is 61.7 Å². The highest BCUT2D eigenvalue weighted by Gasteiger charge is 2.34. The lowest BCUT2D eigenvalue weighted by molar-refractivity contribution is -0.143. The van der Waals surface area contributed by atoms with Crippen LogP contribution >= 0.6 is 0 Å². The summed E-state index contributed by atoms with van der Waals surface area (Å²) in [5.74, 6) is -4.40. The molecule has 0 spiro atoms. The molecule has 0 unspecified atom stereocenters. The molecule has 272 valence electrons. The minimum atomic E-state index is -1.21. The lowest BCUT2D eigenvalue weighted by atomic mass is 9.97. The Morgan fingerprint density at radius 3 is 0.872 bits per heavy atom. The fourth-order valence-electron chi connectivity index (χ4n) is 4.96. The van der Waals surface area contributed by atoms with Crippen LogP contribution in [0.25, 0.3) is 0 Å². The molecular formula is C33H62N6O8. The van der Waals surface area contributed by atoms with Gasteiger partial charge >= 0.3 is 5.97 Å². The highest BCUT2D eigenvalue weighted by molar-refractivity contribution is 5.96. The van der Waals surface area contributed by atoms with Crippen LogP contribution < -0.4 is 32.3 Å². The summed E-state index contributed by atoms with van der Waals surface area (Å²) in [6, 6.07) is -6.50. The van der Waals surface area contributed by atoms with Crippen molar-refractivity contribution in [3.63, 3.8) is 0 Å². The quantitative estimate of drug-likeness (QED) is 0.0822.